The van der Waals surface area contributed by atoms with E-state index in [1.807, 2.05) is 93.6 Å². The molecule has 2 aliphatic heterocycles. The molecule has 256 valence electrons. The highest BCUT2D eigenvalue weighted by atomic mass is 16.7. The van der Waals surface area contributed by atoms with Crippen molar-refractivity contribution >= 4 is 12.1 Å². The number of hydrogen-bond acceptors (Lipinski definition) is 8. The predicted molar refractivity (Wildman–Crippen MR) is 184 cm³/mol. The molecule has 5 atom stereocenters. The highest BCUT2D eigenvalue weighted by molar-refractivity contribution is 5.76. The number of carbonyl (C=O) groups is 2. The van der Waals surface area contributed by atoms with Crippen LogP contribution in [0.5, 0.6) is 0 Å². The molecule has 0 unspecified atom stereocenters. The SMILES string of the molecule is C=CCOC(=O)NCc1cccc(-c2ccc([C@H]3O[C@@H](CN4CCC[C@H]4C(=O)OC(C)(C)C)[C@@H](C)[C@@H](c4ccc(CO)cc4)O3)cc2)c1. The first-order valence-corrected chi connectivity index (χ1v) is 16.7. The topological polar surface area (TPSA) is 107 Å². The van der Waals surface area contributed by atoms with Gasteiger partial charge in [0.1, 0.15) is 18.2 Å². The van der Waals surface area contributed by atoms with Crippen molar-refractivity contribution in [3.63, 3.8) is 0 Å². The maximum atomic E-state index is 13.1. The van der Waals surface area contributed by atoms with Crippen LogP contribution in [0, 0.1) is 5.92 Å². The Morgan fingerprint density at radius 1 is 1.00 bits per heavy atom. The summed E-state index contributed by atoms with van der Waals surface area (Å²) in [6.07, 6.45) is 1.64. The van der Waals surface area contributed by atoms with Crippen LogP contribution in [0.25, 0.3) is 11.1 Å². The molecule has 5 rings (SSSR count). The summed E-state index contributed by atoms with van der Waals surface area (Å²) in [4.78, 5) is 27.2. The Bertz CT molecular complexity index is 1530. The lowest BCUT2D eigenvalue weighted by atomic mass is 9.89. The molecular formula is C39H48N2O7. The maximum Gasteiger partial charge on any atom is 0.407 e. The number of nitrogens with one attached hydrogen (secondary N) is 1. The summed E-state index contributed by atoms with van der Waals surface area (Å²) in [6, 6.07) is 23.7. The third kappa shape index (κ3) is 9.11. The summed E-state index contributed by atoms with van der Waals surface area (Å²) in [7, 11) is 0. The first-order valence-electron chi connectivity index (χ1n) is 16.7. The lowest BCUT2D eigenvalue weighted by Crippen LogP contribution is -2.48. The molecule has 0 spiro atoms. The maximum absolute atomic E-state index is 13.1. The Balaban J connectivity index is 1.34. The van der Waals surface area contributed by atoms with Crippen molar-refractivity contribution in [3.05, 3.63) is 108 Å². The molecule has 2 aliphatic rings. The Hall–Kier alpha value is -4.02. The van der Waals surface area contributed by atoms with Gasteiger partial charge in [-0.15, -0.1) is 0 Å². The predicted octanol–water partition coefficient (Wildman–Crippen LogP) is 6.86. The summed E-state index contributed by atoms with van der Waals surface area (Å²) in [5.41, 5.74) is 5.18. The molecule has 0 aliphatic carbocycles. The minimum Gasteiger partial charge on any atom is -0.459 e. The zero-order chi connectivity index (χ0) is 34.3. The molecule has 2 N–H and O–H groups in total. The number of alkyl carbamates (subject to hydrolysis) is 1. The van der Waals surface area contributed by atoms with E-state index in [4.69, 9.17) is 18.9 Å². The Kier molecular flexibility index (Phi) is 11.7. The van der Waals surface area contributed by atoms with Gasteiger partial charge in [0.2, 0.25) is 0 Å². The molecule has 0 bridgehead atoms. The van der Waals surface area contributed by atoms with Crippen molar-refractivity contribution in [1.82, 2.24) is 10.2 Å². The largest absolute Gasteiger partial charge is 0.459 e. The molecule has 0 radical (unpaired) electrons. The fourth-order valence-electron chi connectivity index (χ4n) is 6.29. The zero-order valence-electron chi connectivity index (χ0n) is 28.4. The van der Waals surface area contributed by atoms with Gasteiger partial charge in [-0.1, -0.05) is 86.3 Å². The number of ether oxygens (including phenoxy) is 4. The van der Waals surface area contributed by atoms with E-state index in [1.54, 1.807) is 0 Å². The fraction of sp³-hybridized carbons (Fsp3) is 0.436. The van der Waals surface area contributed by atoms with Gasteiger partial charge in [0.25, 0.3) is 0 Å². The summed E-state index contributed by atoms with van der Waals surface area (Å²) < 4.78 is 24.2. The number of amides is 1. The Morgan fingerprint density at radius 3 is 2.42 bits per heavy atom. The summed E-state index contributed by atoms with van der Waals surface area (Å²) in [5, 5.41) is 12.4. The number of nitrogens with zero attached hydrogens (tertiary/aromatic N) is 1. The normalized spacial score (nSPS) is 23.0. The van der Waals surface area contributed by atoms with Gasteiger partial charge in [0, 0.05) is 24.6 Å². The lowest BCUT2D eigenvalue weighted by molar-refractivity contribution is -0.276. The molecule has 1 amide bonds. The fourth-order valence-corrected chi connectivity index (χ4v) is 6.29. The van der Waals surface area contributed by atoms with Gasteiger partial charge in [-0.3, -0.25) is 9.69 Å². The lowest BCUT2D eigenvalue weighted by Gasteiger charge is -2.43. The van der Waals surface area contributed by atoms with Crippen molar-refractivity contribution in [3.8, 4) is 11.1 Å². The molecule has 48 heavy (non-hydrogen) atoms. The number of aliphatic hydroxyl groups is 1. The molecular weight excluding hydrogens is 608 g/mol. The van der Waals surface area contributed by atoms with Crippen LogP contribution in [0.15, 0.2) is 85.5 Å². The standard InChI is InChI=1S/C39H48N2O7/c1-6-21-45-38(44)40-23-28-9-7-10-32(22-28)29-16-18-31(19-17-29)37-46-34(24-41-20-8-11-33(41)36(43)48-39(3,4)5)26(2)35(47-37)30-14-12-27(25-42)13-15-30/h6-7,9-10,12-19,22,26,33-35,37,42H,1,8,11,20-21,23-25H2,2-5H3,(H,40,44)/t26-,33+,34+,35+,37+/m1/s1. The summed E-state index contributed by atoms with van der Waals surface area (Å²) in [6.45, 7) is 13.2. The van der Waals surface area contributed by atoms with Gasteiger partial charge in [0.05, 0.1) is 18.8 Å². The molecule has 3 aromatic carbocycles. The molecule has 9 heteroatoms. The van der Waals surface area contributed by atoms with Crippen molar-refractivity contribution in [2.24, 2.45) is 5.92 Å². The quantitative estimate of drug-likeness (QED) is 0.170. The second kappa shape index (κ2) is 15.9. The molecule has 2 fully saturated rings. The number of likely N-dealkylation sites (tertiary alicyclic amines) is 1. The molecule has 3 aromatic rings. The molecule has 2 saturated heterocycles. The van der Waals surface area contributed by atoms with E-state index in [1.165, 1.54) is 6.08 Å². The monoisotopic (exact) mass is 656 g/mol. The van der Waals surface area contributed by atoms with Crippen LogP contribution in [-0.4, -0.2) is 59.5 Å². The number of hydrogen-bond donors (Lipinski definition) is 2. The molecule has 0 aromatic heterocycles. The average molecular weight is 657 g/mol. The first kappa shape index (κ1) is 35.3. The van der Waals surface area contributed by atoms with Crippen LogP contribution in [0.3, 0.4) is 0 Å². The third-order valence-electron chi connectivity index (χ3n) is 8.79. The molecule has 2 heterocycles. The van der Waals surface area contributed by atoms with E-state index in [9.17, 15) is 14.7 Å². The van der Waals surface area contributed by atoms with E-state index >= 15 is 0 Å². The smallest absolute Gasteiger partial charge is 0.407 e. The average Bonchev–Trinajstić information content (AvgIpc) is 3.55. The van der Waals surface area contributed by atoms with Crippen LogP contribution in [0.2, 0.25) is 0 Å². The minimum atomic E-state index is -0.623. The van der Waals surface area contributed by atoms with Crippen LogP contribution >= 0.6 is 0 Å². The van der Waals surface area contributed by atoms with Gasteiger partial charge in [-0.25, -0.2) is 4.79 Å². The number of carbonyl (C=O) groups excluding carboxylic acids is 2. The van der Waals surface area contributed by atoms with Crippen LogP contribution in [-0.2, 0) is 36.9 Å². The molecule has 9 nitrogen and oxygen atoms in total. The van der Waals surface area contributed by atoms with Crippen molar-refractivity contribution in [1.29, 1.82) is 0 Å². The van der Waals surface area contributed by atoms with Crippen molar-refractivity contribution in [2.75, 3.05) is 19.7 Å². The number of aliphatic hydroxyl groups excluding tert-OH is 1. The van der Waals surface area contributed by atoms with Gasteiger partial charge in [-0.05, 0) is 74.0 Å². The van der Waals surface area contributed by atoms with Crippen LogP contribution in [0.4, 0.5) is 4.79 Å². The van der Waals surface area contributed by atoms with E-state index < -0.39 is 18.0 Å². The van der Waals surface area contributed by atoms with Gasteiger partial charge < -0.3 is 29.4 Å². The second-order valence-electron chi connectivity index (χ2n) is 13.6. The van der Waals surface area contributed by atoms with Gasteiger partial charge >= 0.3 is 12.1 Å². The highest BCUT2D eigenvalue weighted by Crippen LogP contribution is 2.42. The van der Waals surface area contributed by atoms with Crippen LogP contribution in [0.1, 0.15) is 75.2 Å². The second-order valence-corrected chi connectivity index (χ2v) is 13.6. The van der Waals surface area contributed by atoms with Crippen molar-refractivity contribution < 1.29 is 33.6 Å². The van der Waals surface area contributed by atoms with Gasteiger partial charge in [-0.2, -0.15) is 0 Å². The summed E-state index contributed by atoms with van der Waals surface area (Å²) in [5.74, 6) is -0.193. The highest BCUT2D eigenvalue weighted by Gasteiger charge is 2.42. The zero-order valence-corrected chi connectivity index (χ0v) is 28.4. The van der Waals surface area contributed by atoms with Crippen molar-refractivity contribution in [2.45, 2.75) is 83.8 Å². The summed E-state index contributed by atoms with van der Waals surface area (Å²) >= 11 is 0. The number of rotatable bonds is 11. The van der Waals surface area contributed by atoms with E-state index in [2.05, 4.69) is 23.7 Å². The van der Waals surface area contributed by atoms with Gasteiger partial charge in [0.15, 0.2) is 6.29 Å². The minimum absolute atomic E-state index is 0.00853. The third-order valence-corrected chi connectivity index (χ3v) is 8.79. The first-order chi connectivity index (χ1) is 23.0. The molecule has 0 saturated carbocycles. The van der Waals surface area contributed by atoms with E-state index in [0.717, 1.165) is 52.8 Å². The number of esters is 1. The van der Waals surface area contributed by atoms with E-state index in [0.29, 0.717) is 13.1 Å². The number of benzene rings is 3. The van der Waals surface area contributed by atoms with Crippen LogP contribution < -0.4 is 5.32 Å². The Labute approximate surface area is 283 Å². The Morgan fingerprint density at radius 2 is 1.73 bits per heavy atom. The van der Waals surface area contributed by atoms with E-state index in [-0.39, 0.29) is 43.4 Å².